The predicted molar refractivity (Wildman–Crippen MR) is 121 cm³/mol. The van der Waals surface area contributed by atoms with Crippen LogP contribution in [0.2, 0.25) is 0 Å². The number of halogens is 4. The molecular formula is C25H18F4N4O3. The van der Waals surface area contributed by atoms with Gasteiger partial charge in [0.25, 0.3) is 5.91 Å². The topological polar surface area (TPSA) is 87.8 Å². The second-order valence-electron chi connectivity index (χ2n) is 8.37. The molecule has 0 saturated carbocycles. The maximum Gasteiger partial charge on any atom is 0.433 e. The molecule has 0 aliphatic carbocycles. The maximum absolute atomic E-state index is 14.1. The van der Waals surface area contributed by atoms with Crippen LogP contribution in [0.4, 0.5) is 17.6 Å². The van der Waals surface area contributed by atoms with Crippen LogP contribution in [-0.4, -0.2) is 49.1 Å². The minimum absolute atomic E-state index is 0.0688. The fraction of sp³-hybridized carbons (Fsp3) is 0.200. The van der Waals surface area contributed by atoms with Crippen LogP contribution in [0.1, 0.15) is 28.9 Å². The van der Waals surface area contributed by atoms with Gasteiger partial charge in [-0.1, -0.05) is 42.5 Å². The molecule has 5 rings (SSSR count). The Morgan fingerprint density at radius 1 is 1.03 bits per heavy atom. The first-order valence-electron chi connectivity index (χ1n) is 11.0. The first-order chi connectivity index (χ1) is 17.1. The van der Waals surface area contributed by atoms with Crippen LogP contribution in [0.15, 0.2) is 60.8 Å². The number of fused-ring (bicyclic) bond motifs is 1. The molecule has 1 atom stereocenters. The molecule has 2 aromatic carbocycles. The number of rotatable bonds is 4. The van der Waals surface area contributed by atoms with Crippen LogP contribution in [-0.2, 0) is 11.0 Å². The number of alkyl halides is 3. The van der Waals surface area contributed by atoms with Crippen molar-refractivity contribution in [3.63, 3.8) is 0 Å². The van der Waals surface area contributed by atoms with Crippen LogP contribution in [0.25, 0.3) is 28.0 Å². The molecule has 1 amide bonds. The van der Waals surface area contributed by atoms with Gasteiger partial charge < -0.3 is 10.0 Å². The van der Waals surface area contributed by atoms with E-state index in [1.165, 1.54) is 18.2 Å². The van der Waals surface area contributed by atoms with Gasteiger partial charge in [-0.15, -0.1) is 0 Å². The number of hydrogen-bond donors (Lipinski definition) is 1. The summed E-state index contributed by atoms with van der Waals surface area (Å²) in [6.07, 6.45) is -3.13. The van der Waals surface area contributed by atoms with Crippen molar-refractivity contribution < 1.29 is 32.3 Å². The van der Waals surface area contributed by atoms with Gasteiger partial charge in [0.2, 0.25) is 0 Å². The SMILES string of the molecule is O=C(O)[C@@H]1CCCN1C(=O)c1cnn2c(C(F)(F)F)cc(-c3ccc(-c4ccccc4F)cc3)nc12. The van der Waals surface area contributed by atoms with Crippen molar-refractivity contribution in [2.75, 3.05) is 6.54 Å². The van der Waals surface area contributed by atoms with Crippen LogP contribution in [0, 0.1) is 5.82 Å². The second kappa shape index (κ2) is 8.74. The van der Waals surface area contributed by atoms with Gasteiger partial charge in [0, 0.05) is 17.7 Å². The largest absolute Gasteiger partial charge is 0.480 e. The summed E-state index contributed by atoms with van der Waals surface area (Å²) in [6, 6.07) is 12.0. The Bertz CT molecular complexity index is 1480. The lowest BCUT2D eigenvalue weighted by molar-refractivity contribution is -0.143. The molecular weight excluding hydrogens is 480 g/mol. The third-order valence-electron chi connectivity index (χ3n) is 6.16. The molecule has 1 N–H and O–H groups in total. The van der Waals surface area contributed by atoms with Gasteiger partial charge in [0.1, 0.15) is 17.4 Å². The van der Waals surface area contributed by atoms with Crippen molar-refractivity contribution in [2.24, 2.45) is 0 Å². The van der Waals surface area contributed by atoms with Crippen molar-refractivity contribution in [3.05, 3.63) is 77.9 Å². The molecule has 0 unspecified atom stereocenters. The Morgan fingerprint density at radius 2 is 1.72 bits per heavy atom. The Labute approximate surface area is 201 Å². The van der Waals surface area contributed by atoms with E-state index in [1.54, 1.807) is 30.3 Å². The quantitative estimate of drug-likeness (QED) is 0.404. The van der Waals surface area contributed by atoms with E-state index in [0.717, 1.165) is 17.2 Å². The van der Waals surface area contributed by atoms with Crippen molar-refractivity contribution in [1.29, 1.82) is 0 Å². The van der Waals surface area contributed by atoms with Gasteiger partial charge >= 0.3 is 12.1 Å². The van der Waals surface area contributed by atoms with E-state index in [1.807, 2.05) is 0 Å². The molecule has 7 nitrogen and oxygen atoms in total. The standard InChI is InChI=1S/C25H18F4N4O3/c26-18-5-2-1-4-16(18)14-7-9-15(10-8-14)19-12-21(25(27,28)29)33-22(31-19)17(13-30-33)23(34)32-11-3-6-20(32)24(35)36/h1-2,4-5,7-10,12-13,20H,3,6,11H2,(H,35,36)/t20-/m0/s1. The summed E-state index contributed by atoms with van der Waals surface area (Å²) in [5, 5.41) is 13.1. The summed E-state index contributed by atoms with van der Waals surface area (Å²) in [5.41, 5.74) is -0.588. The summed E-state index contributed by atoms with van der Waals surface area (Å²) in [7, 11) is 0. The van der Waals surface area contributed by atoms with E-state index in [2.05, 4.69) is 10.1 Å². The number of carboxylic acids is 1. The van der Waals surface area contributed by atoms with E-state index < -0.39 is 35.6 Å². The van der Waals surface area contributed by atoms with E-state index in [4.69, 9.17) is 0 Å². The number of nitrogens with zero attached hydrogens (tertiary/aromatic N) is 4. The molecule has 4 aromatic rings. The Hall–Kier alpha value is -4.28. The highest BCUT2D eigenvalue weighted by Crippen LogP contribution is 2.34. The number of benzene rings is 2. The van der Waals surface area contributed by atoms with Gasteiger partial charge in [0.15, 0.2) is 11.3 Å². The van der Waals surface area contributed by atoms with Crippen molar-refractivity contribution >= 4 is 17.5 Å². The molecule has 36 heavy (non-hydrogen) atoms. The monoisotopic (exact) mass is 498 g/mol. The van der Waals surface area contributed by atoms with Crippen molar-refractivity contribution in [1.82, 2.24) is 19.5 Å². The molecule has 1 aliphatic rings. The molecule has 2 aromatic heterocycles. The van der Waals surface area contributed by atoms with Crippen LogP contribution in [0.3, 0.4) is 0 Å². The third-order valence-corrected chi connectivity index (χ3v) is 6.16. The molecule has 3 heterocycles. The van der Waals surface area contributed by atoms with Crippen LogP contribution >= 0.6 is 0 Å². The van der Waals surface area contributed by atoms with Crippen LogP contribution in [0.5, 0.6) is 0 Å². The van der Waals surface area contributed by atoms with Gasteiger partial charge in [0.05, 0.1) is 11.9 Å². The van der Waals surface area contributed by atoms with Gasteiger partial charge in [-0.25, -0.2) is 18.7 Å². The number of hydrogen-bond acceptors (Lipinski definition) is 4. The lowest BCUT2D eigenvalue weighted by Gasteiger charge is -2.20. The number of aromatic nitrogens is 3. The smallest absolute Gasteiger partial charge is 0.433 e. The summed E-state index contributed by atoms with van der Waals surface area (Å²) in [4.78, 5) is 30.1. The molecule has 0 spiro atoms. The van der Waals surface area contributed by atoms with E-state index in [9.17, 15) is 32.3 Å². The number of aliphatic carboxylic acids is 1. The highest BCUT2D eigenvalue weighted by atomic mass is 19.4. The number of carbonyl (C=O) groups excluding carboxylic acids is 1. The predicted octanol–water partition coefficient (Wildman–Crippen LogP) is 4.91. The molecule has 11 heteroatoms. The third kappa shape index (κ3) is 4.06. The Kier molecular flexibility index (Phi) is 5.70. The fourth-order valence-electron chi connectivity index (χ4n) is 4.40. The number of carbonyl (C=O) groups is 2. The minimum atomic E-state index is -4.81. The average molecular weight is 498 g/mol. The number of likely N-dealkylation sites (tertiary alicyclic amines) is 1. The van der Waals surface area contributed by atoms with E-state index in [0.29, 0.717) is 27.6 Å². The van der Waals surface area contributed by atoms with Crippen molar-refractivity contribution in [2.45, 2.75) is 25.1 Å². The van der Waals surface area contributed by atoms with E-state index >= 15 is 0 Å². The molecule has 184 valence electrons. The molecule has 1 aliphatic heterocycles. The van der Waals surface area contributed by atoms with Crippen molar-refractivity contribution in [3.8, 4) is 22.4 Å². The zero-order chi connectivity index (χ0) is 25.6. The zero-order valence-corrected chi connectivity index (χ0v) is 18.5. The lowest BCUT2D eigenvalue weighted by Crippen LogP contribution is -2.40. The first-order valence-corrected chi connectivity index (χ1v) is 11.0. The lowest BCUT2D eigenvalue weighted by atomic mass is 10.0. The zero-order valence-electron chi connectivity index (χ0n) is 18.5. The Balaban J connectivity index is 1.60. The van der Waals surface area contributed by atoms with Gasteiger partial charge in [-0.3, -0.25) is 4.79 Å². The van der Waals surface area contributed by atoms with Gasteiger partial charge in [-0.2, -0.15) is 18.3 Å². The summed E-state index contributed by atoms with van der Waals surface area (Å²) < 4.78 is 56.4. The van der Waals surface area contributed by atoms with Crippen LogP contribution < -0.4 is 0 Å². The average Bonchev–Trinajstić information content (AvgIpc) is 3.51. The highest BCUT2D eigenvalue weighted by molar-refractivity contribution is 6.01. The maximum atomic E-state index is 14.1. The number of carboxylic acid groups (broad SMARTS) is 1. The molecule has 0 bridgehead atoms. The van der Waals surface area contributed by atoms with E-state index in [-0.39, 0.29) is 29.9 Å². The first kappa shape index (κ1) is 23.5. The summed E-state index contributed by atoms with van der Waals surface area (Å²) >= 11 is 0. The summed E-state index contributed by atoms with van der Waals surface area (Å²) in [6.45, 7) is 0.163. The molecule has 0 radical (unpaired) electrons. The molecule has 1 saturated heterocycles. The Morgan fingerprint density at radius 3 is 2.39 bits per heavy atom. The minimum Gasteiger partial charge on any atom is -0.480 e. The molecule has 1 fully saturated rings. The number of amides is 1. The summed E-state index contributed by atoms with van der Waals surface area (Å²) in [5.74, 6) is -2.37. The van der Waals surface area contributed by atoms with Gasteiger partial charge in [-0.05, 0) is 30.5 Å². The highest BCUT2D eigenvalue weighted by Gasteiger charge is 2.38. The normalized spacial score (nSPS) is 16.0. The fourth-order valence-corrected chi connectivity index (χ4v) is 4.40. The second-order valence-corrected chi connectivity index (χ2v) is 8.37.